The zero-order valence-electron chi connectivity index (χ0n) is 23.9. The molecule has 3 atom stereocenters. The van der Waals surface area contributed by atoms with Gasteiger partial charge in [0.15, 0.2) is 0 Å². The second kappa shape index (κ2) is 18.6. The van der Waals surface area contributed by atoms with Crippen LogP contribution < -0.4 is 0 Å². The van der Waals surface area contributed by atoms with Gasteiger partial charge in [0.05, 0.1) is 6.04 Å². The Morgan fingerprint density at radius 1 is 0.909 bits per heavy atom. The molecule has 0 spiro atoms. The Kier molecular flexibility index (Phi) is 15.3. The minimum atomic E-state index is -0.411. The first-order valence-corrected chi connectivity index (χ1v) is 13.0. The number of aromatic nitrogens is 6. The molecule has 2 aliphatic rings. The maximum atomic E-state index is 12.6. The van der Waals surface area contributed by atoms with Crippen LogP contribution in [-0.4, -0.2) is 72.2 Å². The third-order valence-electron chi connectivity index (χ3n) is 6.79. The summed E-state index contributed by atoms with van der Waals surface area (Å²) >= 11 is 0. The smallest absolute Gasteiger partial charge is 0.425 e. The van der Waals surface area contributed by atoms with Gasteiger partial charge in [0.25, 0.3) is 7.12 Å². The minimum Gasteiger partial charge on any atom is -0.425 e. The number of piperidine rings is 1. The van der Waals surface area contributed by atoms with Gasteiger partial charge in [0, 0.05) is 44.1 Å². The first kappa shape index (κ1) is 36.2. The number of ketones is 1. The van der Waals surface area contributed by atoms with Gasteiger partial charge >= 0.3 is 49.8 Å². The molecule has 4 aromatic rings. The number of fused-ring (bicyclic) bond motifs is 2. The summed E-state index contributed by atoms with van der Waals surface area (Å²) in [6.45, 7) is 10.8. The second-order valence-corrected chi connectivity index (χ2v) is 9.18. The third-order valence-corrected chi connectivity index (χ3v) is 6.79. The van der Waals surface area contributed by atoms with E-state index in [1.807, 2.05) is 80.0 Å². The summed E-state index contributed by atoms with van der Waals surface area (Å²) in [5.41, 5.74) is 0.930. The fourth-order valence-electron chi connectivity index (χ4n) is 4.95. The van der Waals surface area contributed by atoms with Gasteiger partial charge in [-0.25, -0.2) is 20.1 Å². The molecule has 2 saturated heterocycles. The van der Waals surface area contributed by atoms with E-state index in [4.69, 9.17) is 18.8 Å². The molecule has 13 nitrogen and oxygen atoms in total. The van der Waals surface area contributed by atoms with Gasteiger partial charge in [-0.2, -0.15) is 0 Å². The van der Waals surface area contributed by atoms with Crippen LogP contribution in [0.2, 0.25) is 0 Å². The first-order chi connectivity index (χ1) is 21.1. The van der Waals surface area contributed by atoms with Crippen molar-refractivity contribution in [2.75, 3.05) is 7.11 Å². The van der Waals surface area contributed by atoms with Crippen molar-refractivity contribution >= 4 is 19.0 Å². The van der Waals surface area contributed by atoms with Crippen LogP contribution in [0.5, 0.6) is 0 Å². The van der Waals surface area contributed by atoms with E-state index in [9.17, 15) is 9.59 Å². The molecular weight excluding hydrogens is 649 g/mol. The van der Waals surface area contributed by atoms with E-state index < -0.39 is 6.09 Å². The molecule has 0 N–H and O–H groups in total. The molecular formula is C29H29BMoN7O6+. The normalized spacial score (nSPS) is 18.2. The van der Waals surface area contributed by atoms with Gasteiger partial charge in [0.2, 0.25) is 0 Å². The van der Waals surface area contributed by atoms with E-state index in [1.165, 1.54) is 0 Å². The minimum absolute atomic E-state index is 0. The molecule has 1 amide bonds. The van der Waals surface area contributed by atoms with E-state index in [-0.39, 0.29) is 58.6 Å². The Bertz CT molecular complexity index is 1330. The predicted molar refractivity (Wildman–Crippen MR) is 150 cm³/mol. The van der Waals surface area contributed by atoms with Crippen molar-refractivity contribution < 1.29 is 49.4 Å². The maximum Gasteiger partial charge on any atom is 2.00 e. The molecule has 0 saturated carbocycles. The molecule has 0 aliphatic carbocycles. The molecule has 2 bridgehead atoms. The Balaban J connectivity index is 0.000000282. The number of nitrogens with zero attached hydrogens (tertiary/aromatic N) is 7. The van der Waals surface area contributed by atoms with Crippen LogP contribution in [0.15, 0.2) is 85.7 Å². The second-order valence-electron chi connectivity index (χ2n) is 9.18. The van der Waals surface area contributed by atoms with Gasteiger partial charge < -0.3 is 23.3 Å². The summed E-state index contributed by atoms with van der Waals surface area (Å²) in [6.07, 6.45) is 15.4. The average Bonchev–Trinajstić information content (AvgIpc) is 3.89. The number of carbonyl (C=O) groups excluding carboxylic acids is 2. The number of amides is 1. The number of carbonyl (C=O) groups is 2. The van der Waals surface area contributed by atoms with E-state index in [1.54, 1.807) is 51.3 Å². The monoisotopic (exact) mass is 680 g/mol. The van der Waals surface area contributed by atoms with Crippen molar-refractivity contribution in [1.82, 2.24) is 34.0 Å². The SMILES string of the molecule is CO[C]1[CH][CH][C@@H]2[C@@H](C(C)=O)C[C@H]1N2C(=O)OCc1ccccc1.[C-]#[O+].[C-]#[O+].[Mo+2].c1cnn([B-](n2cccn2)n2cccn2)c1. The Labute approximate surface area is 270 Å². The zero-order valence-corrected chi connectivity index (χ0v) is 26.0. The summed E-state index contributed by atoms with van der Waals surface area (Å²) in [4.78, 5) is 26.1. The first-order valence-electron chi connectivity index (χ1n) is 13.0. The number of benzene rings is 1. The summed E-state index contributed by atoms with van der Waals surface area (Å²) in [5.74, 6) is -0.117. The molecule has 6 rings (SSSR count). The Morgan fingerprint density at radius 2 is 1.43 bits per heavy atom. The van der Waals surface area contributed by atoms with Gasteiger partial charge in [-0.15, -0.1) is 0 Å². The van der Waals surface area contributed by atoms with Crippen molar-refractivity contribution in [1.29, 1.82) is 0 Å². The van der Waals surface area contributed by atoms with E-state index in [0.717, 1.165) is 5.56 Å². The molecule has 2 aliphatic heterocycles. The largest absolute Gasteiger partial charge is 2.00 e. The van der Waals surface area contributed by atoms with Gasteiger partial charge in [-0.05, 0) is 62.1 Å². The number of Topliss-reactive ketones (excluding diaryl/α,β-unsaturated/α-hetero) is 1. The summed E-state index contributed by atoms with van der Waals surface area (Å²) in [7, 11) is 1.38. The van der Waals surface area contributed by atoms with Crippen LogP contribution in [0.1, 0.15) is 18.9 Å². The van der Waals surface area contributed by atoms with Crippen LogP contribution in [0, 0.1) is 38.2 Å². The van der Waals surface area contributed by atoms with Crippen LogP contribution in [0.25, 0.3) is 0 Å². The van der Waals surface area contributed by atoms with Crippen molar-refractivity contribution in [3.63, 3.8) is 0 Å². The fourth-order valence-corrected chi connectivity index (χ4v) is 4.95. The fraction of sp³-hybridized carbons (Fsp3) is 0.241. The molecule has 3 aromatic heterocycles. The Morgan fingerprint density at radius 3 is 1.86 bits per heavy atom. The topological polar surface area (TPSA) is 149 Å². The van der Waals surface area contributed by atoms with Crippen LogP contribution in [-0.2, 0) is 51.2 Å². The number of ether oxygens (including phenoxy) is 2. The molecule has 4 radical (unpaired) electrons. The van der Waals surface area contributed by atoms with E-state index >= 15 is 0 Å². The number of rotatable bonds is 7. The number of methoxy groups -OCH3 is 1. The van der Waals surface area contributed by atoms with Crippen molar-refractivity contribution in [3.05, 3.63) is 124 Å². The van der Waals surface area contributed by atoms with E-state index in [2.05, 4.69) is 28.6 Å². The molecule has 5 heterocycles. The summed E-state index contributed by atoms with van der Waals surface area (Å²) in [5, 5.41) is 12.7. The molecule has 44 heavy (non-hydrogen) atoms. The molecule has 2 fully saturated rings. The summed E-state index contributed by atoms with van der Waals surface area (Å²) in [6, 6.07) is 14.7. The van der Waals surface area contributed by atoms with Gasteiger partial charge in [0.1, 0.15) is 18.5 Å². The van der Waals surface area contributed by atoms with Crippen LogP contribution in [0.3, 0.4) is 0 Å². The van der Waals surface area contributed by atoms with Crippen LogP contribution in [0.4, 0.5) is 4.79 Å². The van der Waals surface area contributed by atoms with E-state index in [0.29, 0.717) is 12.5 Å². The summed E-state index contributed by atoms with van der Waals surface area (Å²) < 4.78 is 31.2. The molecule has 15 heteroatoms. The standard InChI is InChI=1S/C18H20NO4.C9H9BN6.2CO.Mo/c1-12(20)14-10-16-17(22-2)9-8-15(14)19(16)18(21)23-11-13-6-4-3-5-7-13;1-4-11-14(7-1)10(15-8-2-5-12-15)16-9-3-6-13-16;2*1-2;/h3-9,14-16H,10-11H2,1-2H3;1-9H;;;/q;-1;;;+2/t14-,15-,16-;;;;/m1..../s1. The molecule has 1 aromatic carbocycles. The van der Waals surface area contributed by atoms with Crippen molar-refractivity contribution in [3.8, 4) is 0 Å². The Hall–Kier alpha value is -4.02. The predicted octanol–water partition coefficient (Wildman–Crippen LogP) is 2.70. The number of hydrogen-bond acceptors (Lipinski definition) is 7. The van der Waals surface area contributed by atoms with Crippen molar-refractivity contribution in [2.24, 2.45) is 5.92 Å². The van der Waals surface area contributed by atoms with Gasteiger partial charge in [-0.3, -0.25) is 9.69 Å². The van der Waals surface area contributed by atoms with Crippen LogP contribution >= 0.6 is 0 Å². The third kappa shape index (κ3) is 8.77. The quantitative estimate of drug-likeness (QED) is 0.166. The number of hydrogen-bond donors (Lipinski definition) is 0. The van der Waals surface area contributed by atoms with Gasteiger partial charge in [-0.1, -0.05) is 30.3 Å². The van der Waals surface area contributed by atoms with Crippen molar-refractivity contribution in [2.45, 2.75) is 32.0 Å². The zero-order chi connectivity index (χ0) is 31.2. The molecule has 224 valence electrons. The maximum absolute atomic E-state index is 12.6. The average molecular weight is 678 g/mol. The molecule has 0 unspecified atom stereocenters.